The van der Waals surface area contributed by atoms with E-state index in [1.807, 2.05) is 30.3 Å². The van der Waals surface area contributed by atoms with Crippen molar-refractivity contribution in [3.63, 3.8) is 0 Å². The van der Waals surface area contributed by atoms with Gasteiger partial charge in [0.2, 0.25) is 11.7 Å². The van der Waals surface area contributed by atoms with E-state index in [4.69, 9.17) is 9.63 Å². The minimum absolute atomic E-state index is 0.0880. The molecule has 0 bridgehead atoms. The molecule has 5 nitrogen and oxygen atoms in total. The van der Waals surface area contributed by atoms with Crippen LogP contribution in [-0.4, -0.2) is 46.3 Å². The lowest BCUT2D eigenvalue weighted by Crippen LogP contribution is -2.31. The molecule has 0 saturated heterocycles. The normalized spacial score (nSPS) is 11.4. The van der Waals surface area contributed by atoms with Gasteiger partial charge in [0.15, 0.2) is 0 Å². The monoisotopic (exact) mass is 283 g/mol. The number of hydrogen-bond donors (Lipinski definition) is 1. The molecule has 0 radical (unpaired) electrons. The largest absolute Gasteiger partial charge is 0.395 e. The molecular formula is C13H15F2N3O2. The zero-order chi connectivity index (χ0) is 14.4. The number of benzene rings is 1. The van der Waals surface area contributed by atoms with Gasteiger partial charge in [-0.05, 0) is 0 Å². The maximum Gasteiger partial charge on any atom is 0.251 e. The molecule has 20 heavy (non-hydrogen) atoms. The second kappa shape index (κ2) is 7.06. The van der Waals surface area contributed by atoms with Gasteiger partial charge >= 0.3 is 0 Å². The summed E-state index contributed by atoms with van der Waals surface area (Å²) in [6.45, 7) is -0.422. The minimum Gasteiger partial charge on any atom is -0.395 e. The number of hydrogen-bond acceptors (Lipinski definition) is 5. The molecular weight excluding hydrogens is 268 g/mol. The van der Waals surface area contributed by atoms with Gasteiger partial charge in [0.05, 0.1) is 19.7 Å². The molecule has 1 heterocycles. The van der Waals surface area contributed by atoms with Crippen molar-refractivity contribution in [2.45, 2.75) is 13.0 Å². The minimum atomic E-state index is -2.47. The predicted octanol–water partition coefficient (Wildman–Crippen LogP) is 1.80. The number of aromatic nitrogens is 2. The summed E-state index contributed by atoms with van der Waals surface area (Å²) in [7, 11) is 0. The Morgan fingerprint density at radius 1 is 1.25 bits per heavy atom. The smallest absolute Gasteiger partial charge is 0.251 e. The second-order valence-corrected chi connectivity index (χ2v) is 4.23. The number of rotatable bonds is 7. The van der Waals surface area contributed by atoms with E-state index in [1.54, 1.807) is 0 Å². The van der Waals surface area contributed by atoms with E-state index in [-0.39, 0.29) is 25.6 Å². The standard InChI is InChI=1S/C13H15F2N3O2/c14-11(15)8-18(6-7-19)9-12-16-13(17-20-12)10-4-2-1-3-5-10/h1-5,11,19H,6-9H2. The summed E-state index contributed by atoms with van der Waals surface area (Å²) < 4.78 is 29.8. The highest BCUT2D eigenvalue weighted by atomic mass is 19.3. The fourth-order valence-electron chi connectivity index (χ4n) is 1.79. The predicted molar refractivity (Wildman–Crippen MR) is 68.1 cm³/mol. The Hall–Kier alpha value is -1.86. The van der Waals surface area contributed by atoms with Gasteiger partial charge in [-0.15, -0.1) is 0 Å². The molecule has 7 heteroatoms. The molecule has 0 amide bonds. The van der Waals surface area contributed by atoms with Gasteiger partial charge in [-0.3, -0.25) is 4.90 Å². The quantitative estimate of drug-likeness (QED) is 0.839. The highest BCUT2D eigenvalue weighted by Crippen LogP contribution is 2.15. The van der Waals surface area contributed by atoms with Gasteiger partial charge in [0.25, 0.3) is 6.43 Å². The van der Waals surface area contributed by atoms with Crippen LogP contribution in [0, 0.1) is 0 Å². The fraction of sp³-hybridized carbons (Fsp3) is 0.385. The van der Waals surface area contributed by atoms with Crippen molar-refractivity contribution < 1.29 is 18.4 Å². The first-order chi connectivity index (χ1) is 9.69. The summed E-state index contributed by atoms with van der Waals surface area (Å²) in [4.78, 5) is 5.53. The second-order valence-electron chi connectivity index (χ2n) is 4.23. The average Bonchev–Trinajstić information content (AvgIpc) is 2.88. The summed E-state index contributed by atoms with van der Waals surface area (Å²) in [5.74, 6) is 0.666. The fourth-order valence-corrected chi connectivity index (χ4v) is 1.79. The zero-order valence-electron chi connectivity index (χ0n) is 10.7. The maximum absolute atomic E-state index is 12.4. The van der Waals surface area contributed by atoms with E-state index in [0.29, 0.717) is 5.82 Å². The van der Waals surface area contributed by atoms with Gasteiger partial charge in [-0.1, -0.05) is 35.5 Å². The van der Waals surface area contributed by atoms with Crippen LogP contribution in [0.15, 0.2) is 34.9 Å². The molecule has 0 aliphatic heterocycles. The summed E-state index contributed by atoms with van der Waals surface area (Å²) in [5, 5.41) is 12.7. The third-order valence-corrected chi connectivity index (χ3v) is 2.67. The molecule has 0 aliphatic carbocycles. The summed E-state index contributed by atoms with van der Waals surface area (Å²) in [5.41, 5.74) is 0.796. The zero-order valence-corrected chi connectivity index (χ0v) is 10.7. The first kappa shape index (κ1) is 14.5. The van der Waals surface area contributed by atoms with Crippen molar-refractivity contribution >= 4 is 0 Å². The van der Waals surface area contributed by atoms with Crippen molar-refractivity contribution in [1.29, 1.82) is 0 Å². The SMILES string of the molecule is OCCN(Cc1nc(-c2ccccc2)no1)CC(F)F. The van der Waals surface area contributed by atoms with Crippen LogP contribution in [0.4, 0.5) is 8.78 Å². The van der Waals surface area contributed by atoms with Gasteiger partial charge in [-0.25, -0.2) is 8.78 Å². The van der Waals surface area contributed by atoms with Crippen molar-refractivity contribution in [2.75, 3.05) is 19.7 Å². The molecule has 0 unspecified atom stereocenters. The van der Waals surface area contributed by atoms with Gasteiger partial charge in [0.1, 0.15) is 0 Å². The topological polar surface area (TPSA) is 62.4 Å². The molecule has 1 N–H and O–H groups in total. The van der Waals surface area contributed by atoms with Crippen molar-refractivity contribution in [2.24, 2.45) is 0 Å². The van der Waals surface area contributed by atoms with Crippen molar-refractivity contribution in [3.8, 4) is 11.4 Å². The highest BCUT2D eigenvalue weighted by molar-refractivity contribution is 5.53. The molecule has 0 fully saturated rings. The Balaban J connectivity index is 2.04. The van der Waals surface area contributed by atoms with E-state index in [0.717, 1.165) is 5.56 Å². The molecule has 0 spiro atoms. The molecule has 1 aromatic heterocycles. The number of alkyl halides is 2. The van der Waals surface area contributed by atoms with Gasteiger partial charge in [0, 0.05) is 12.1 Å². The van der Waals surface area contributed by atoms with Gasteiger partial charge < -0.3 is 9.63 Å². The Kier molecular flexibility index (Phi) is 5.14. The maximum atomic E-state index is 12.4. The summed E-state index contributed by atoms with van der Waals surface area (Å²) in [6.07, 6.45) is -2.47. The highest BCUT2D eigenvalue weighted by Gasteiger charge is 2.16. The molecule has 0 saturated carbocycles. The average molecular weight is 283 g/mol. The van der Waals surface area contributed by atoms with Crippen LogP contribution in [0.2, 0.25) is 0 Å². The lowest BCUT2D eigenvalue weighted by molar-refractivity contribution is 0.0692. The summed E-state index contributed by atoms with van der Waals surface area (Å²) >= 11 is 0. The number of halogens is 2. The molecule has 108 valence electrons. The summed E-state index contributed by atoms with van der Waals surface area (Å²) in [6, 6.07) is 9.23. The van der Waals surface area contributed by atoms with Crippen LogP contribution in [0.3, 0.4) is 0 Å². The first-order valence-corrected chi connectivity index (χ1v) is 6.18. The van der Waals surface area contributed by atoms with Crippen molar-refractivity contribution in [1.82, 2.24) is 15.0 Å². The Bertz CT molecular complexity index is 519. The number of aliphatic hydroxyl groups excluding tert-OH is 1. The lowest BCUT2D eigenvalue weighted by atomic mass is 10.2. The molecule has 1 aromatic carbocycles. The van der Waals surface area contributed by atoms with E-state index < -0.39 is 13.0 Å². The van der Waals surface area contributed by atoms with Crippen LogP contribution in [0.5, 0.6) is 0 Å². The van der Waals surface area contributed by atoms with E-state index in [9.17, 15) is 8.78 Å². The lowest BCUT2D eigenvalue weighted by Gasteiger charge is -2.18. The van der Waals surface area contributed by atoms with Crippen LogP contribution in [-0.2, 0) is 6.54 Å². The third kappa shape index (κ3) is 4.07. The van der Waals surface area contributed by atoms with Gasteiger partial charge in [-0.2, -0.15) is 4.98 Å². The Morgan fingerprint density at radius 2 is 2.00 bits per heavy atom. The molecule has 0 atom stereocenters. The molecule has 2 aromatic rings. The molecule has 2 rings (SSSR count). The molecule has 0 aliphatic rings. The first-order valence-electron chi connectivity index (χ1n) is 6.18. The van der Waals surface area contributed by atoms with Crippen LogP contribution < -0.4 is 0 Å². The van der Waals surface area contributed by atoms with E-state index in [2.05, 4.69) is 10.1 Å². The van der Waals surface area contributed by atoms with Crippen LogP contribution in [0.1, 0.15) is 5.89 Å². The Labute approximate surface area is 114 Å². The number of aliphatic hydroxyl groups is 1. The number of nitrogens with zero attached hydrogens (tertiary/aromatic N) is 3. The van der Waals surface area contributed by atoms with E-state index in [1.165, 1.54) is 4.90 Å². The van der Waals surface area contributed by atoms with Crippen LogP contribution >= 0.6 is 0 Å². The van der Waals surface area contributed by atoms with Crippen molar-refractivity contribution in [3.05, 3.63) is 36.2 Å². The Morgan fingerprint density at radius 3 is 2.65 bits per heavy atom. The van der Waals surface area contributed by atoms with Crippen LogP contribution in [0.25, 0.3) is 11.4 Å². The van der Waals surface area contributed by atoms with E-state index >= 15 is 0 Å². The third-order valence-electron chi connectivity index (χ3n) is 2.67.